The number of Topliss-reactive ketones (excluding diaryl/α,β-unsaturated/α-hetero) is 1. The minimum absolute atomic E-state index is 0.0446. The van der Waals surface area contributed by atoms with Crippen molar-refractivity contribution in [1.29, 1.82) is 0 Å². The zero-order chi connectivity index (χ0) is 22.8. The Bertz CT molecular complexity index is 912. The van der Waals surface area contributed by atoms with E-state index in [1.807, 2.05) is 0 Å². The number of nitrogens with one attached hydrogen (secondary N) is 1. The second-order valence-corrected chi connectivity index (χ2v) is 7.93. The van der Waals surface area contributed by atoms with Crippen LogP contribution >= 0.6 is 0 Å². The van der Waals surface area contributed by atoms with Gasteiger partial charge in [0.25, 0.3) is 0 Å². The molecule has 3 rings (SSSR count). The van der Waals surface area contributed by atoms with Crippen LogP contribution in [-0.4, -0.2) is 54.7 Å². The zero-order valence-electron chi connectivity index (χ0n) is 17.3. The number of nitrogens with two attached hydrogens (primary N) is 2. The van der Waals surface area contributed by atoms with Crippen LogP contribution in [0, 0.1) is 0 Å². The SMILES string of the molecule is CC(=O)CN1CCCC(N/C(N)=C2\COC\C2=C(\N)c2ccc(C(F)(F)F)cc2O)C1. The Labute approximate surface area is 178 Å². The number of aromatic hydroxyl groups is 1. The first kappa shape index (κ1) is 23.0. The first-order valence-corrected chi connectivity index (χ1v) is 10.0. The molecular weight excluding hydrogens is 413 g/mol. The largest absolute Gasteiger partial charge is 0.507 e. The lowest BCUT2D eigenvalue weighted by atomic mass is 9.99. The van der Waals surface area contributed by atoms with E-state index in [1.165, 1.54) is 0 Å². The summed E-state index contributed by atoms with van der Waals surface area (Å²) in [5.74, 6) is -0.0909. The molecule has 2 aliphatic heterocycles. The van der Waals surface area contributed by atoms with Crippen LogP contribution in [0.25, 0.3) is 5.70 Å². The number of hydrogen-bond acceptors (Lipinski definition) is 7. The van der Waals surface area contributed by atoms with Gasteiger partial charge in [-0.15, -0.1) is 0 Å². The summed E-state index contributed by atoms with van der Waals surface area (Å²) in [6.07, 6.45) is -2.75. The summed E-state index contributed by atoms with van der Waals surface area (Å²) in [6.45, 7) is 3.79. The van der Waals surface area contributed by atoms with Crippen molar-refractivity contribution < 1.29 is 27.8 Å². The monoisotopic (exact) mass is 440 g/mol. The van der Waals surface area contributed by atoms with Crippen molar-refractivity contribution in [2.75, 3.05) is 32.8 Å². The van der Waals surface area contributed by atoms with Gasteiger partial charge in [-0.25, -0.2) is 0 Å². The molecule has 0 aliphatic carbocycles. The van der Waals surface area contributed by atoms with Gasteiger partial charge in [-0.3, -0.25) is 9.69 Å². The minimum Gasteiger partial charge on any atom is -0.507 e. The molecule has 0 saturated carbocycles. The van der Waals surface area contributed by atoms with Crippen LogP contribution in [0.15, 0.2) is 35.2 Å². The summed E-state index contributed by atoms with van der Waals surface area (Å²) in [7, 11) is 0. The number of nitrogens with zero attached hydrogens (tertiary/aromatic N) is 1. The number of benzene rings is 1. The molecule has 0 bridgehead atoms. The standard InChI is InChI=1S/C21H27F3N4O3/c1-12(29)8-28-6-2-3-14(9-28)27-20(26)17-11-31-10-16(17)19(25)15-5-4-13(7-18(15)30)21(22,23)24/h4-5,7,14,27,30H,2-3,6,8-11,25-26H2,1H3/b19-16-,20-17+. The van der Waals surface area contributed by atoms with E-state index in [2.05, 4.69) is 10.2 Å². The Hall–Kier alpha value is -2.72. The van der Waals surface area contributed by atoms with E-state index < -0.39 is 17.5 Å². The molecule has 2 fully saturated rings. The molecular formula is C21H27F3N4O3. The summed E-state index contributed by atoms with van der Waals surface area (Å²) in [5.41, 5.74) is 12.9. The van der Waals surface area contributed by atoms with Crippen molar-refractivity contribution >= 4 is 11.5 Å². The van der Waals surface area contributed by atoms with E-state index in [0.29, 0.717) is 36.1 Å². The highest BCUT2D eigenvalue weighted by atomic mass is 19.4. The van der Waals surface area contributed by atoms with Crippen LogP contribution < -0.4 is 16.8 Å². The molecule has 0 aromatic heterocycles. The number of carbonyl (C=O) groups is 1. The van der Waals surface area contributed by atoms with Crippen molar-refractivity contribution in [2.45, 2.75) is 32.0 Å². The lowest BCUT2D eigenvalue weighted by Crippen LogP contribution is -2.48. The maximum absolute atomic E-state index is 12.9. The molecule has 31 heavy (non-hydrogen) atoms. The first-order valence-electron chi connectivity index (χ1n) is 10.0. The summed E-state index contributed by atoms with van der Waals surface area (Å²) in [6, 6.07) is 2.70. The third-order valence-electron chi connectivity index (χ3n) is 5.43. The second-order valence-electron chi connectivity index (χ2n) is 7.93. The number of phenolic OH excluding ortho intramolecular Hbond substituents is 1. The van der Waals surface area contributed by atoms with Gasteiger partial charge in [-0.1, -0.05) is 0 Å². The number of ether oxygens (including phenoxy) is 1. The average Bonchev–Trinajstić information content (AvgIpc) is 3.16. The summed E-state index contributed by atoms with van der Waals surface area (Å²) in [5, 5.41) is 13.4. The van der Waals surface area contributed by atoms with Crippen molar-refractivity contribution in [3.8, 4) is 5.75 Å². The van der Waals surface area contributed by atoms with Gasteiger partial charge in [0.1, 0.15) is 17.4 Å². The fourth-order valence-electron chi connectivity index (χ4n) is 3.95. The van der Waals surface area contributed by atoms with Gasteiger partial charge in [0, 0.05) is 35.0 Å². The van der Waals surface area contributed by atoms with Gasteiger partial charge in [0.2, 0.25) is 0 Å². The van der Waals surface area contributed by atoms with E-state index in [0.717, 1.165) is 31.5 Å². The van der Waals surface area contributed by atoms with Gasteiger partial charge in [0.05, 0.1) is 25.3 Å². The normalized spacial score (nSPS) is 23.5. The van der Waals surface area contributed by atoms with Crippen LogP contribution in [0.2, 0.25) is 0 Å². The molecule has 0 radical (unpaired) electrons. The molecule has 7 nitrogen and oxygen atoms in total. The summed E-state index contributed by atoms with van der Waals surface area (Å²) in [4.78, 5) is 13.5. The van der Waals surface area contributed by atoms with Gasteiger partial charge in [-0.05, 0) is 44.5 Å². The highest BCUT2D eigenvalue weighted by Gasteiger charge is 2.32. The lowest BCUT2D eigenvalue weighted by Gasteiger charge is -2.33. The molecule has 6 N–H and O–H groups in total. The van der Waals surface area contributed by atoms with Crippen molar-refractivity contribution in [1.82, 2.24) is 10.2 Å². The van der Waals surface area contributed by atoms with E-state index in [-0.39, 0.29) is 36.3 Å². The summed E-state index contributed by atoms with van der Waals surface area (Å²) < 4.78 is 44.1. The highest BCUT2D eigenvalue weighted by Crippen LogP contribution is 2.36. The predicted molar refractivity (Wildman–Crippen MR) is 110 cm³/mol. The molecule has 2 heterocycles. The lowest BCUT2D eigenvalue weighted by molar-refractivity contribution is -0.137. The zero-order valence-corrected chi connectivity index (χ0v) is 17.3. The van der Waals surface area contributed by atoms with Gasteiger partial charge in [-0.2, -0.15) is 13.2 Å². The maximum atomic E-state index is 12.9. The van der Waals surface area contributed by atoms with E-state index >= 15 is 0 Å². The Balaban J connectivity index is 1.82. The van der Waals surface area contributed by atoms with E-state index in [1.54, 1.807) is 6.92 Å². The van der Waals surface area contributed by atoms with Crippen LogP contribution in [-0.2, 0) is 15.7 Å². The number of likely N-dealkylation sites (tertiary alicyclic amines) is 1. The molecule has 2 saturated heterocycles. The Morgan fingerprint density at radius 1 is 1.29 bits per heavy atom. The van der Waals surface area contributed by atoms with Crippen LogP contribution in [0.1, 0.15) is 30.9 Å². The van der Waals surface area contributed by atoms with Gasteiger partial charge in [0.15, 0.2) is 0 Å². The van der Waals surface area contributed by atoms with Crippen LogP contribution in [0.4, 0.5) is 13.2 Å². The second kappa shape index (κ2) is 9.19. The Morgan fingerprint density at radius 3 is 2.65 bits per heavy atom. The number of rotatable bonds is 5. The third kappa shape index (κ3) is 5.50. The Kier molecular flexibility index (Phi) is 6.80. The summed E-state index contributed by atoms with van der Waals surface area (Å²) >= 11 is 0. The fraction of sp³-hybridized carbons (Fsp3) is 0.476. The minimum atomic E-state index is -4.57. The first-order chi connectivity index (χ1) is 14.6. The van der Waals surface area contributed by atoms with Crippen molar-refractivity contribution in [3.63, 3.8) is 0 Å². The van der Waals surface area contributed by atoms with Crippen LogP contribution in [0.5, 0.6) is 5.75 Å². The molecule has 170 valence electrons. The van der Waals surface area contributed by atoms with Gasteiger partial charge >= 0.3 is 6.18 Å². The molecule has 0 spiro atoms. The predicted octanol–water partition coefficient (Wildman–Crippen LogP) is 1.92. The topological polar surface area (TPSA) is 114 Å². The highest BCUT2D eigenvalue weighted by molar-refractivity contribution is 5.77. The molecule has 1 atom stereocenters. The number of halogens is 3. The maximum Gasteiger partial charge on any atom is 0.416 e. The number of hydrogen-bond donors (Lipinski definition) is 4. The number of piperidine rings is 1. The van der Waals surface area contributed by atoms with Gasteiger partial charge < -0.3 is 26.6 Å². The van der Waals surface area contributed by atoms with E-state index in [9.17, 15) is 23.1 Å². The Morgan fingerprint density at radius 2 is 2.00 bits per heavy atom. The number of carbonyl (C=O) groups excluding carboxylic acids is 1. The molecule has 10 heteroatoms. The smallest absolute Gasteiger partial charge is 0.416 e. The number of alkyl halides is 3. The van der Waals surface area contributed by atoms with Crippen LogP contribution in [0.3, 0.4) is 0 Å². The molecule has 1 aromatic rings. The molecule has 1 unspecified atom stereocenters. The quantitative estimate of drug-likeness (QED) is 0.553. The van der Waals surface area contributed by atoms with E-state index in [4.69, 9.17) is 16.2 Å². The molecule has 0 amide bonds. The molecule has 2 aliphatic rings. The van der Waals surface area contributed by atoms with Crippen molar-refractivity contribution in [3.05, 3.63) is 46.3 Å². The molecule has 1 aromatic carbocycles. The number of phenols is 1. The van der Waals surface area contributed by atoms with Crippen molar-refractivity contribution in [2.24, 2.45) is 11.5 Å². The average molecular weight is 440 g/mol. The third-order valence-corrected chi connectivity index (χ3v) is 5.43. The number of ketones is 1. The fourth-order valence-corrected chi connectivity index (χ4v) is 3.95.